The smallest absolute Gasteiger partial charge is 0.265 e. The van der Waals surface area contributed by atoms with Crippen LogP contribution in [0.15, 0.2) is 24.3 Å². The third kappa shape index (κ3) is 4.75. The van der Waals surface area contributed by atoms with E-state index >= 15 is 0 Å². The van der Waals surface area contributed by atoms with Gasteiger partial charge in [0, 0.05) is 0 Å². The fourth-order valence-electron chi connectivity index (χ4n) is 1.91. The van der Waals surface area contributed by atoms with Gasteiger partial charge < -0.3 is 4.74 Å². The molecule has 0 aromatic heterocycles. The first-order valence-electron chi connectivity index (χ1n) is 5.30. The van der Waals surface area contributed by atoms with E-state index in [4.69, 9.17) is 9.29 Å². The van der Waals surface area contributed by atoms with Crippen molar-refractivity contribution in [1.82, 2.24) is 0 Å². The fourth-order valence-corrected chi connectivity index (χ4v) is 3.00. The van der Waals surface area contributed by atoms with Gasteiger partial charge >= 0.3 is 0 Å². The summed E-state index contributed by atoms with van der Waals surface area (Å²) < 4.78 is 35.9. The topological polar surface area (TPSA) is 63.6 Å². The van der Waals surface area contributed by atoms with Crippen LogP contribution in [0.2, 0.25) is 0 Å². The maximum Gasteiger partial charge on any atom is 0.265 e. The molecule has 1 aromatic rings. The van der Waals surface area contributed by atoms with E-state index in [-0.39, 0.29) is 5.75 Å². The van der Waals surface area contributed by atoms with Crippen molar-refractivity contribution in [3.05, 3.63) is 29.8 Å². The van der Waals surface area contributed by atoms with Crippen LogP contribution < -0.4 is 4.74 Å². The van der Waals surface area contributed by atoms with E-state index in [9.17, 15) is 8.42 Å². The molecule has 0 radical (unpaired) electrons. The summed E-state index contributed by atoms with van der Waals surface area (Å²) in [4.78, 5) is 0. The van der Waals surface area contributed by atoms with Crippen molar-refractivity contribution in [3.8, 4) is 5.75 Å². The van der Waals surface area contributed by atoms with E-state index in [1.54, 1.807) is 21.0 Å². The van der Waals surface area contributed by atoms with E-state index in [1.807, 2.05) is 24.3 Å². The molecule has 0 saturated heterocycles. The number of rotatable bonds is 5. The zero-order valence-corrected chi connectivity index (χ0v) is 11.1. The lowest BCUT2D eigenvalue weighted by atomic mass is 9.87. The van der Waals surface area contributed by atoms with Gasteiger partial charge in [-0.3, -0.25) is 4.55 Å². The molecular formula is C12H18O4S. The van der Waals surface area contributed by atoms with Crippen LogP contribution in [0.5, 0.6) is 5.75 Å². The van der Waals surface area contributed by atoms with Crippen molar-refractivity contribution in [2.75, 3.05) is 12.9 Å². The van der Waals surface area contributed by atoms with E-state index in [2.05, 4.69) is 0 Å². The van der Waals surface area contributed by atoms with Gasteiger partial charge in [-0.2, -0.15) is 8.42 Å². The van der Waals surface area contributed by atoms with Gasteiger partial charge in [-0.15, -0.1) is 0 Å². The molecule has 0 aliphatic carbocycles. The third-order valence-electron chi connectivity index (χ3n) is 2.43. The SMILES string of the molecule is COc1ccccc1CC(C)(C)CS(=O)(=O)O. The molecule has 0 aliphatic rings. The van der Waals surface area contributed by atoms with Gasteiger partial charge in [0.1, 0.15) is 5.75 Å². The Morgan fingerprint density at radius 2 is 1.88 bits per heavy atom. The number of methoxy groups -OCH3 is 1. The standard InChI is InChI=1S/C12H18O4S/c1-12(2,9-17(13,14)15)8-10-6-4-5-7-11(10)16-3/h4-7H,8-9H2,1-3H3,(H,13,14,15). The van der Waals surface area contributed by atoms with Gasteiger partial charge in [0.2, 0.25) is 0 Å². The minimum Gasteiger partial charge on any atom is -0.496 e. The van der Waals surface area contributed by atoms with Crippen molar-refractivity contribution in [2.45, 2.75) is 20.3 Å². The highest BCUT2D eigenvalue weighted by atomic mass is 32.2. The molecule has 0 atom stereocenters. The van der Waals surface area contributed by atoms with Crippen LogP contribution in [0.4, 0.5) is 0 Å². The predicted molar refractivity (Wildman–Crippen MR) is 66.9 cm³/mol. The van der Waals surface area contributed by atoms with Crippen molar-refractivity contribution >= 4 is 10.1 Å². The summed E-state index contributed by atoms with van der Waals surface area (Å²) in [6.45, 7) is 3.60. The van der Waals surface area contributed by atoms with Crippen molar-refractivity contribution < 1.29 is 17.7 Å². The Balaban J connectivity index is 2.90. The average molecular weight is 258 g/mol. The van der Waals surface area contributed by atoms with Crippen LogP contribution in [0.25, 0.3) is 0 Å². The van der Waals surface area contributed by atoms with Crippen molar-refractivity contribution in [3.63, 3.8) is 0 Å². The molecule has 17 heavy (non-hydrogen) atoms. The molecule has 5 heteroatoms. The third-order valence-corrected chi connectivity index (χ3v) is 3.58. The van der Waals surface area contributed by atoms with Gasteiger partial charge in [-0.25, -0.2) is 0 Å². The second-order valence-corrected chi connectivity index (χ2v) is 6.33. The Morgan fingerprint density at radius 1 is 1.29 bits per heavy atom. The van der Waals surface area contributed by atoms with Crippen molar-refractivity contribution in [2.24, 2.45) is 5.41 Å². The minimum absolute atomic E-state index is 0.266. The Hall–Kier alpha value is -1.07. The molecular weight excluding hydrogens is 240 g/mol. The Morgan fingerprint density at radius 3 is 2.41 bits per heavy atom. The lowest BCUT2D eigenvalue weighted by molar-refractivity contribution is 0.368. The molecule has 0 saturated carbocycles. The Labute approximate surface area is 102 Å². The largest absolute Gasteiger partial charge is 0.496 e. The highest BCUT2D eigenvalue weighted by Gasteiger charge is 2.26. The van der Waals surface area contributed by atoms with Gasteiger partial charge in [-0.05, 0) is 23.5 Å². The van der Waals surface area contributed by atoms with E-state index in [0.717, 1.165) is 11.3 Å². The maximum atomic E-state index is 10.9. The van der Waals surface area contributed by atoms with Crippen LogP contribution in [-0.4, -0.2) is 25.8 Å². The first-order valence-corrected chi connectivity index (χ1v) is 6.91. The summed E-state index contributed by atoms with van der Waals surface area (Å²) in [5.41, 5.74) is 0.394. The van der Waals surface area contributed by atoms with E-state index < -0.39 is 15.5 Å². The number of para-hydroxylation sites is 1. The first-order chi connectivity index (χ1) is 7.73. The molecule has 0 bridgehead atoms. The average Bonchev–Trinajstić information content (AvgIpc) is 2.14. The zero-order valence-electron chi connectivity index (χ0n) is 10.3. The van der Waals surface area contributed by atoms with Gasteiger partial charge in [0.05, 0.1) is 12.9 Å². The Kier molecular flexibility index (Phi) is 4.16. The monoisotopic (exact) mass is 258 g/mol. The quantitative estimate of drug-likeness (QED) is 0.822. The predicted octanol–water partition coefficient (Wildman–Crippen LogP) is 2.15. The summed E-state index contributed by atoms with van der Waals surface area (Å²) >= 11 is 0. The lowest BCUT2D eigenvalue weighted by Gasteiger charge is -2.23. The van der Waals surface area contributed by atoms with Crippen LogP contribution in [0.3, 0.4) is 0 Å². The summed E-state index contributed by atoms with van der Waals surface area (Å²) in [6, 6.07) is 7.46. The summed E-state index contributed by atoms with van der Waals surface area (Å²) in [7, 11) is -2.38. The number of hydrogen-bond acceptors (Lipinski definition) is 3. The molecule has 1 rings (SSSR count). The van der Waals surface area contributed by atoms with Crippen LogP contribution in [-0.2, 0) is 16.5 Å². The Bertz CT molecular complexity index is 477. The second-order valence-electron chi connectivity index (χ2n) is 4.88. The molecule has 0 unspecified atom stereocenters. The van der Waals surface area contributed by atoms with Crippen LogP contribution in [0, 0.1) is 5.41 Å². The molecule has 0 aliphatic heterocycles. The maximum absolute atomic E-state index is 10.9. The molecule has 0 spiro atoms. The molecule has 0 heterocycles. The van der Waals surface area contributed by atoms with E-state index in [0.29, 0.717) is 6.42 Å². The fraction of sp³-hybridized carbons (Fsp3) is 0.500. The van der Waals surface area contributed by atoms with Crippen molar-refractivity contribution in [1.29, 1.82) is 0 Å². The normalized spacial score (nSPS) is 12.5. The first kappa shape index (κ1) is 14.0. The van der Waals surface area contributed by atoms with E-state index in [1.165, 1.54) is 0 Å². The molecule has 0 fully saturated rings. The number of hydrogen-bond donors (Lipinski definition) is 1. The van der Waals surface area contributed by atoms with Crippen LogP contribution >= 0.6 is 0 Å². The summed E-state index contributed by atoms with van der Waals surface area (Å²) in [5.74, 6) is 0.467. The molecule has 1 aromatic carbocycles. The number of benzene rings is 1. The second kappa shape index (κ2) is 5.06. The van der Waals surface area contributed by atoms with Gasteiger partial charge in [0.25, 0.3) is 10.1 Å². The highest BCUT2D eigenvalue weighted by molar-refractivity contribution is 7.85. The zero-order chi connectivity index (χ0) is 13.1. The van der Waals surface area contributed by atoms with Gasteiger partial charge in [0.15, 0.2) is 0 Å². The summed E-state index contributed by atoms with van der Waals surface area (Å²) in [5, 5.41) is 0. The molecule has 4 nitrogen and oxygen atoms in total. The molecule has 96 valence electrons. The lowest BCUT2D eigenvalue weighted by Crippen LogP contribution is -2.26. The number of ether oxygens (including phenoxy) is 1. The molecule has 0 amide bonds. The van der Waals surface area contributed by atoms with Crippen LogP contribution in [0.1, 0.15) is 19.4 Å². The molecule has 1 N–H and O–H groups in total. The summed E-state index contributed by atoms with van der Waals surface area (Å²) in [6.07, 6.45) is 0.525. The minimum atomic E-state index is -3.96. The highest BCUT2D eigenvalue weighted by Crippen LogP contribution is 2.28. The van der Waals surface area contributed by atoms with Gasteiger partial charge in [-0.1, -0.05) is 32.0 Å².